The van der Waals surface area contributed by atoms with Crippen LogP contribution in [0.5, 0.6) is 0 Å². The fourth-order valence-corrected chi connectivity index (χ4v) is 4.29. The van der Waals surface area contributed by atoms with Crippen molar-refractivity contribution in [3.05, 3.63) is 23.5 Å². The molecular weight excluding hydrogens is 448 g/mol. The van der Waals surface area contributed by atoms with Crippen LogP contribution in [0.25, 0.3) is 0 Å². The van der Waals surface area contributed by atoms with Gasteiger partial charge >= 0.3 is 17.9 Å². The molecule has 7 nitrogen and oxygen atoms in total. The summed E-state index contributed by atoms with van der Waals surface area (Å²) in [6.07, 6.45) is 13.3. The topological polar surface area (TPSA) is 99.1 Å². The van der Waals surface area contributed by atoms with Gasteiger partial charge in [-0.2, -0.15) is 0 Å². The van der Waals surface area contributed by atoms with Gasteiger partial charge in [-0.15, -0.1) is 0 Å². The smallest absolute Gasteiger partial charge is 0.307 e. The summed E-state index contributed by atoms with van der Waals surface area (Å²) >= 11 is 0. The lowest BCUT2D eigenvalue weighted by Crippen LogP contribution is -2.22. The summed E-state index contributed by atoms with van der Waals surface area (Å²) in [7, 11) is 0. The van der Waals surface area contributed by atoms with Crippen LogP contribution in [0.4, 0.5) is 0 Å². The van der Waals surface area contributed by atoms with E-state index in [0.29, 0.717) is 38.0 Å². The molecular formula is C28H46O7. The Bertz CT molecular complexity index is 710. The molecule has 1 rings (SSSR count). The number of unbranched alkanes of at least 4 members (excludes halogenated alkanes) is 6. The van der Waals surface area contributed by atoms with Crippen molar-refractivity contribution in [3.63, 3.8) is 0 Å². The van der Waals surface area contributed by atoms with Gasteiger partial charge in [0.25, 0.3) is 0 Å². The molecule has 0 aromatic carbocycles. The zero-order chi connectivity index (χ0) is 26.1. The molecule has 0 amide bonds. The molecule has 0 bridgehead atoms. The van der Waals surface area contributed by atoms with E-state index in [1.165, 1.54) is 13.8 Å². The van der Waals surface area contributed by atoms with Crippen LogP contribution in [0.1, 0.15) is 111 Å². The van der Waals surface area contributed by atoms with E-state index < -0.39 is 18.2 Å². The number of hydrogen-bond acceptors (Lipinski definition) is 7. The van der Waals surface area contributed by atoms with E-state index in [1.807, 2.05) is 6.08 Å². The second-order valence-corrected chi connectivity index (χ2v) is 9.36. The molecule has 7 heteroatoms. The molecule has 1 N–H and O–H groups in total. The Balaban J connectivity index is 2.73. The van der Waals surface area contributed by atoms with Crippen LogP contribution in [0, 0.1) is 5.92 Å². The van der Waals surface area contributed by atoms with Gasteiger partial charge in [0.05, 0.1) is 12.7 Å². The molecule has 0 saturated heterocycles. The second-order valence-electron chi connectivity index (χ2n) is 9.36. The maximum absolute atomic E-state index is 11.7. The molecule has 0 fully saturated rings. The predicted octanol–water partition coefficient (Wildman–Crippen LogP) is 5.94. The first kappa shape index (κ1) is 30.9. The number of carbonyl (C=O) groups excluding carboxylic acids is 3. The van der Waals surface area contributed by atoms with Gasteiger partial charge in [-0.1, -0.05) is 64.5 Å². The Morgan fingerprint density at radius 3 is 2.34 bits per heavy atom. The van der Waals surface area contributed by atoms with Crippen molar-refractivity contribution in [1.82, 2.24) is 0 Å². The molecule has 0 aliphatic heterocycles. The minimum Gasteiger partial charge on any atom is -0.466 e. The summed E-state index contributed by atoms with van der Waals surface area (Å²) in [4.78, 5) is 35.1. The third-order valence-electron chi connectivity index (χ3n) is 6.11. The Hall–Kier alpha value is -2.15. The lowest BCUT2D eigenvalue weighted by atomic mass is 9.93. The first-order valence-electron chi connectivity index (χ1n) is 13.4. The maximum atomic E-state index is 11.7. The predicted molar refractivity (Wildman–Crippen MR) is 135 cm³/mol. The van der Waals surface area contributed by atoms with E-state index >= 15 is 0 Å². The number of rotatable bonds is 18. The van der Waals surface area contributed by atoms with Crippen LogP contribution in [0.2, 0.25) is 0 Å². The Kier molecular flexibility index (Phi) is 16.0. The molecule has 1 aliphatic rings. The number of esters is 3. The largest absolute Gasteiger partial charge is 0.466 e. The molecule has 1 aliphatic carbocycles. The number of aliphatic hydroxyl groups is 1. The summed E-state index contributed by atoms with van der Waals surface area (Å²) in [6.45, 7) is 7.42. The highest BCUT2D eigenvalue weighted by atomic mass is 16.6. The average Bonchev–Trinajstić information content (AvgIpc) is 3.09. The molecule has 0 aromatic heterocycles. The number of ether oxygens (including phenoxy) is 3. The Morgan fingerprint density at radius 2 is 1.69 bits per heavy atom. The zero-order valence-electron chi connectivity index (χ0n) is 22.2. The van der Waals surface area contributed by atoms with E-state index in [4.69, 9.17) is 14.2 Å². The van der Waals surface area contributed by atoms with Gasteiger partial charge in [0.15, 0.2) is 0 Å². The van der Waals surface area contributed by atoms with Crippen molar-refractivity contribution in [2.24, 2.45) is 5.92 Å². The van der Waals surface area contributed by atoms with Crippen molar-refractivity contribution in [2.75, 3.05) is 6.61 Å². The first-order chi connectivity index (χ1) is 16.8. The molecule has 0 unspecified atom stereocenters. The van der Waals surface area contributed by atoms with Gasteiger partial charge < -0.3 is 19.3 Å². The van der Waals surface area contributed by atoms with Crippen molar-refractivity contribution in [3.8, 4) is 0 Å². The van der Waals surface area contributed by atoms with Crippen LogP contribution >= 0.6 is 0 Å². The van der Waals surface area contributed by atoms with E-state index in [0.717, 1.165) is 63.4 Å². The molecule has 0 aromatic rings. The average molecular weight is 495 g/mol. The molecule has 0 radical (unpaired) electrons. The van der Waals surface area contributed by atoms with Crippen LogP contribution in [0.3, 0.4) is 0 Å². The van der Waals surface area contributed by atoms with E-state index in [2.05, 4.69) is 13.8 Å². The molecule has 3 atom stereocenters. The lowest BCUT2D eigenvalue weighted by Gasteiger charge is -2.20. The normalized spacial score (nSPS) is 18.7. The van der Waals surface area contributed by atoms with Gasteiger partial charge in [-0.3, -0.25) is 14.4 Å². The van der Waals surface area contributed by atoms with E-state index in [9.17, 15) is 19.5 Å². The van der Waals surface area contributed by atoms with Crippen molar-refractivity contribution < 1.29 is 33.7 Å². The minimum absolute atomic E-state index is 0.138. The van der Waals surface area contributed by atoms with Gasteiger partial charge in [0.2, 0.25) is 0 Å². The quantitative estimate of drug-likeness (QED) is 0.109. The van der Waals surface area contributed by atoms with Crippen LogP contribution < -0.4 is 0 Å². The molecule has 200 valence electrons. The standard InChI is InChI=1S/C28H46O7/c1-5-7-11-14-23(31)17-18-25-24(26(34-21(3)29)20-27(25)35-22(4)30)15-12-9-10-13-16-28(32)33-19-8-6-2/h17-18,23,25,27,31H,5-16,19-20H2,1-4H3/b18-17+/t23-,25+,27+/m0/s1. The molecule has 0 heterocycles. The summed E-state index contributed by atoms with van der Waals surface area (Å²) in [5.74, 6) is -0.585. The third-order valence-corrected chi connectivity index (χ3v) is 6.11. The van der Waals surface area contributed by atoms with Crippen molar-refractivity contribution in [1.29, 1.82) is 0 Å². The van der Waals surface area contributed by atoms with Gasteiger partial charge in [0, 0.05) is 32.6 Å². The first-order valence-corrected chi connectivity index (χ1v) is 13.4. The summed E-state index contributed by atoms with van der Waals surface area (Å²) in [6, 6.07) is 0. The van der Waals surface area contributed by atoms with Gasteiger partial charge in [-0.05, 0) is 37.7 Å². The highest BCUT2D eigenvalue weighted by Crippen LogP contribution is 2.39. The fraction of sp³-hybridized carbons (Fsp3) is 0.750. The molecule has 0 saturated carbocycles. The second kappa shape index (κ2) is 18.2. The third kappa shape index (κ3) is 13.5. The zero-order valence-corrected chi connectivity index (χ0v) is 22.2. The molecule has 0 spiro atoms. The summed E-state index contributed by atoms with van der Waals surface area (Å²) in [5, 5.41) is 10.4. The van der Waals surface area contributed by atoms with E-state index in [1.54, 1.807) is 6.08 Å². The minimum atomic E-state index is -0.560. The van der Waals surface area contributed by atoms with Crippen LogP contribution in [0.15, 0.2) is 23.5 Å². The monoisotopic (exact) mass is 494 g/mol. The lowest BCUT2D eigenvalue weighted by molar-refractivity contribution is -0.147. The van der Waals surface area contributed by atoms with Gasteiger partial charge in [-0.25, -0.2) is 0 Å². The fourth-order valence-electron chi connectivity index (χ4n) is 4.29. The summed E-state index contributed by atoms with van der Waals surface area (Å²) in [5.41, 5.74) is 0.947. The van der Waals surface area contributed by atoms with Gasteiger partial charge in [0.1, 0.15) is 11.9 Å². The number of aliphatic hydroxyl groups excluding tert-OH is 1. The van der Waals surface area contributed by atoms with E-state index in [-0.39, 0.29) is 17.9 Å². The SMILES string of the molecule is CCCCC[C@H](O)/C=C/[C@@H]1C(CCCCCCC(=O)OCCCC)=C(OC(C)=O)C[C@H]1OC(C)=O. The van der Waals surface area contributed by atoms with Crippen LogP contribution in [-0.2, 0) is 28.6 Å². The number of carbonyl (C=O) groups is 3. The van der Waals surface area contributed by atoms with Crippen molar-refractivity contribution >= 4 is 17.9 Å². The highest BCUT2D eigenvalue weighted by molar-refractivity contribution is 5.69. The highest BCUT2D eigenvalue weighted by Gasteiger charge is 2.37. The van der Waals surface area contributed by atoms with Crippen molar-refractivity contribution in [2.45, 2.75) is 123 Å². The number of hydrogen-bond donors (Lipinski definition) is 1. The Morgan fingerprint density at radius 1 is 0.971 bits per heavy atom. The molecule has 35 heavy (non-hydrogen) atoms. The van der Waals surface area contributed by atoms with Crippen LogP contribution in [-0.4, -0.2) is 41.8 Å². The summed E-state index contributed by atoms with van der Waals surface area (Å²) < 4.78 is 16.2. The Labute approximate surface area is 211 Å². The maximum Gasteiger partial charge on any atom is 0.307 e.